The average Bonchev–Trinajstić information content (AvgIpc) is 3.57. The number of rotatable bonds is 5. The lowest BCUT2D eigenvalue weighted by Crippen LogP contribution is -2.32. The van der Waals surface area contributed by atoms with Gasteiger partial charge in [0.15, 0.2) is 17.5 Å². The molecule has 9 aromatic rings. The highest BCUT2D eigenvalue weighted by Gasteiger charge is 2.51. The van der Waals surface area contributed by atoms with Crippen LogP contribution in [0.5, 0.6) is 11.5 Å². The van der Waals surface area contributed by atoms with Crippen LogP contribution in [-0.2, 0) is 5.41 Å². The minimum atomic E-state index is -0.609. The second kappa shape index (κ2) is 12.8. The van der Waals surface area contributed by atoms with Gasteiger partial charge in [-0.1, -0.05) is 115 Å². The van der Waals surface area contributed by atoms with Crippen LogP contribution in [0.2, 0.25) is 0 Å². The highest BCUT2D eigenvalue weighted by molar-refractivity contribution is 5.90. The topological polar surface area (TPSA) is 73.7 Å². The van der Waals surface area contributed by atoms with E-state index in [2.05, 4.69) is 119 Å². The number of aromatic nitrogens is 5. The summed E-state index contributed by atoms with van der Waals surface area (Å²) in [6.45, 7) is 0. The van der Waals surface area contributed by atoms with E-state index in [-0.39, 0.29) is 0 Å². The Bertz CT molecular complexity index is 2850. The molecule has 3 aromatic heterocycles. The van der Waals surface area contributed by atoms with Crippen LogP contribution >= 0.6 is 0 Å². The van der Waals surface area contributed by atoms with Crippen molar-refractivity contribution in [1.82, 2.24) is 24.9 Å². The van der Waals surface area contributed by atoms with E-state index in [4.69, 9.17) is 19.7 Å². The Kier molecular flexibility index (Phi) is 7.29. The van der Waals surface area contributed by atoms with Crippen molar-refractivity contribution in [3.63, 3.8) is 0 Å². The fraction of sp³-hybridized carbons (Fsp3) is 0.0200. The lowest BCUT2D eigenvalue weighted by atomic mass is 9.66. The Hall–Kier alpha value is -7.57. The first-order valence-electron chi connectivity index (χ1n) is 18.6. The first-order chi connectivity index (χ1) is 27.7. The molecule has 2 aliphatic rings. The molecule has 0 amide bonds. The highest BCUT2D eigenvalue weighted by atomic mass is 16.5. The zero-order chi connectivity index (χ0) is 37.1. The molecule has 6 heteroatoms. The van der Waals surface area contributed by atoms with Crippen LogP contribution in [0, 0.1) is 0 Å². The first-order valence-corrected chi connectivity index (χ1v) is 18.6. The molecular formula is C50H31N5O. The van der Waals surface area contributed by atoms with E-state index in [0.29, 0.717) is 17.5 Å². The molecule has 0 saturated heterocycles. The van der Waals surface area contributed by atoms with Crippen molar-refractivity contribution in [2.45, 2.75) is 5.41 Å². The Balaban J connectivity index is 1.16. The highest BCUT2D eigenvalue weighted by Crippen LogP contribution is 2.62. The standard InChI is InChI=1S/C50H31N5O/c1-2-12-32(13-3-1)47-53-48(55-49(54-47)38-27-36(34-14-10-24-51-30-34)26-37(28-38)35-15-11-25-52-31-35)33-22-23-40-39-16-4-5-17-41(39)50(44(40)29-33)42-18-6-8-20-45(42)56-46-21-9-7-19-43(46)50/h1-31H. The number of pyridine rings is 2. The summed E-state index contributed by atoms with van der Waals surface area (Å²) < 4.78 is 6.58. The van der Waals surface area contributed by atoms with Crippen LogP contribution in [0.15, 0.2) is 189 Å². The summed E-state index contributed by atoms with van der Waals surface area (Å²) in [5.74, 6) is 3.47. The molecule has 0 saturated carbocycles. The van der Waals surface area contributed by atoms with Crippen molar-refractivity contribution in [3.8, 4) is 79.0 Å². The molecule has 0 atom stereocenters. The van der Waals surface area contributed by atoms with Gasteiger partial charge in [0.25, 0.3) is 0 Å². The average molecular weight is 718 g/mol. The Labute approximate surface area is 323 Å². The fourth-order valence-electron chi connectivity index (χ4n) is 8.50. The summed E-state index contributed by atoms with van der Waals surface area (Å²) in [6, 6.07) is 56.8. The van der Waals surface area contributed by atoms with Crippen LogP contribution in [0.25, 0.3) is 67.5 Å². The van der Waals surface area contributed by atoms with Gasteiger partial charge in [-0.05, 0) is 81.9 Å². The molecule has 56 heavy (non-hydrogen) atoms. The van der Waals surface area contributed by atoms with Crippen molar-refractivity contribution in [3.05, 3.63) is 211 Å². The van der Waals surface area contributed by atoms with Gasteiger partial charge >= 0.3 is 0 Å². The molecule has 0 fully saturated rings. The number of nitrogens with zero attached hydrogens (tertiary/aromatic N) is 5. The maximum Gasteiger partial charge on any atom is 0.164 e. The molecule has 6 aromatic carbocycles. The molecule has 0 radical (unpaired) electrons. The quantitative estimate of drug-likeness (QED) is 0.176. The van der Waals surface area contributed by atoms with Crippen LogP contribution < -0.4 is 4.74 Å². The van der Waals surface area contributed by atoms with Gasteiger partial charge in [0.1, 0.15) is 11.5 Å². The van der Waals surface area contributed by atoms with Gasteiger partial charge in [0, 0.05) is 63.7 Å². The predicted octanol–water partition coefficient (Wildman–Crippen LogP) is 11.5. The second-order valence-electron chi connectivity index (χ2n) is 14.1. The van der Waals surface area contributed by atoms with Gasteiger partial charge in [-0.15, -0.1) is 0 Å². The van der Waals surface area contributed by atoms with Gasteiger partial charge in [-0.25, -0.2) is 15.0 Å². The van der Waals surface area contributed by atoms with Crippen LogP contribution in [0.4, 0.5) is 0 Å². The minimum absolute atomic E-state index is 0.574. The van der Waals surface area contributed by atoms with E-state index >= 15 is 0 Å². The molecule has 262 valence electrons. The lowest BCUT2D eigenvalue weighted by molar-refractivity contribution is 0.436. The maximum absolute atomic E-state index is 6.58. The van der Waals surface area contributed by atoms with Gasteiger partial charge in [-0.2, -0.15) is 0 Å². The zero-order valence-corrected chi connectivity index (χ0v) is 30.0. The fourth-order valence-corrected chi connectivity index (χ4v) is 8.50. The van der Waals surface area contributed by atoms with E-state index in [9.17, 15) is 0 Å². The molecule has 11 rings (SSSR count). The number of ether oxygens (including phenoxy) is 1. The van der Waals surface area contributed by atoms with E-state index in [1.165, 1.54) is 22.3 Å². The zero-order valence-electron chi connectivity index (χ0n) is 30.0. The van der Waals surface area contributed by atoms with E-state index in [0.717, 1.165) is 61.6 Å². The Morgan fingerprint density at radius 1 is 0.339 bits per heavy atom. The summed E-state index contributed by atoms with van der Waals surface area (Å²) in [7, 11) is 0. The molecule has 6 nitrogen and oxygen atoms in total. The van der Waals surface area contributed by atoms with E-state index < -0.39 is 5.41 Å². The summed E-state index contributed by atoms with van der Waals surface area (Å²) in [6.07, 6.45) is 7.34. The third kappa shape index (κ3) is 5.00. The van der Waals surface area contributed by atoms with Gasteiger partial charge in [-0.3, -0.25) is 9.97 Å². The number of fused-ring (bicyclic) bond motifs is 9. The third-order valence-corrected chi connectivity index (χ3v) is 11.0. The van der Waals surface area contributed by atoms with Gasteiger partial charge < -0.3 is 4.74 Å². The molecule has 0 unspecified atom stereocenters. The monoisotopic (exact) mass is 717 g/mol. The minimum Gasteiger partial charge on any atom is -0.457 e. The van der Waals surface area contributed by atoms with Gasteiger partial charge in [0.2, 0.25) is 0 Å². The number of para-hydroxylation sites is 2. The lowest BCUT2D eigenvalue weighted by Gasteiger charge is -2.39. The molecule has 1 aliphatic carbocycles. The molecule has 0 bridgehead atoms. The Morgan fingerprint density at radius 3 is 1.46 bits per heavy atom. The van der Waals surface area contributed by atoms with Crippen LogP contribution in [0.1, 0.15) is 22.3 Å². The third-order valence-electron chi connectivity index (χ3n) is 11.0. The largest absolute Gasteiger partial charge is 0.457 e. The van der Waals surface area contributed by atoms with Crippen molar-refractivity contribution in [2.24, 2.45) is 0 Å². The first kappa shape index (κ1) is 31.9. The SMILES string of the molecule is c1ccc(-c2nc(-c3cc(-c4cccnc4)cc(-c4cccnc4)c3)nc(-c3ccc4c(c3)C3(c5ccccc5Oc5ccccc53)c3ccccc3-4)n2)cc1. The van der Waals surface area contributed by atoms with Gasteiger partial charge in [0.05, 0.1) is 5.41 Å². The van der Waals surface area contributed by atoms with Crippen molar-refractivity contribution in [1.29, 1.82) is 0 Å². The summed E-state index contributed by atoms with van der Waals surface area (Å²) in [5, 5.41) is 0. The van der Waals surface area contributed by atoms with E-state index in [1.54, 1.807) is 12.4 Å². The smallest absolute Gasteiger partial charge is 0.164 e. The Morgan fingerprint density at radius 2 is 0.839 bits per heavy atom. The van der Waals surface area contributed by atoms with Crippen molar-refractivity contribution < 1.29 is 4.74 Å². The van der Waals surface area contributed by atoms with E-state index in [1.807, 2.05) is 67.0 Å². The molecule has 1 spiro atoms. The summed E-state index contributed by atoms with van der Waals surface area (Å²) in [4.78, 5) is 24.5. The number of benzene rings is 6. The second-order valence-corrected chi connectivity index (χ2v) is 14.1. The molecule has 0 N–H and O–H groups in total. The number of hydrogen-bond acceptors (Lipinski definition) is 6. The molecule has 4 heterocycles. The normalized spacial score (nSPS) is 12.9. The maximum atomic E-state index is 6.58. The van der Waals surface area contributed by atoms with Crippen LogP contribution in [-0.4, -0.2) is 24.9 Å². The predicted molar refractivity (Wildman–Crippen MR) is 220 cm³/mol. The van der Waals surface area contributed by atoms with Crippen LogP contribution in [0.3, 0.4) is 0 Å². The molecule has 1 aliphatic heterocycles. The summed E-state index contributed by atoms with van der Waals surface area (Å²) >= 11 is 0. The summed E-state index contributed by atoms with van der Waals surface area (Å²) in [5.41, 5.74) is 13.1. The molecular weight excluding hydrogens is 687 g/mol. The van der Waals surface area contributed by atoms with Crippen molar-refractivity contribution in [2.75, 3.05) is 0 Å². The van der Waals surface area contributed by atoms with Crippen molar-refractivity contribution >= 4 is 0 Å². The number of hydrogen-bond donors (Lipinski definition) is 0.